The number of nitrogens with one attached hydrogen (secondary N) is 2. The van der Waals surface area contributed by atoms with E-state index in [2.05, 4.69) is 15.2 Å². The van der Waals surface area contributed by atoms with Crippen LogP contribution in [0.2, 0.25) is 0 Å². The minimum Gasteiger partial charge on any atom is -0.504 e. The van der Waals surface area contributed by atoms with Crippen LogP contribution in [0, 0.1) is 10.1 Å². The van der Waals surface area contributed by atoms with E-state index in [4.69, 9.17) is 9.47 Å². The van der Waals surface area contributed by atoms with E-state index in [-0.39, 0.29) is 33.5 Å². The van der Waals surface area contributed by atoms with E-state index in [0.29, 0.717) is 12.2 Å². The number of nitro groups is 1. The Morgan fingerprint density at radius 2 is 1.85 bits per heavy atom. The van der Waals surface area contributed by atoms with Gasteiger partial charge in [0.15, 0.2) is 11.5 Å². The number of hydrazone groups is 1. The summed E-state index contributed by atoms with van der Waals surface area (Å²) >= 11 is 0. The van der Waals surface area contributed by atoms with Crippen molar-refractivity contribution < 1.29 is 27.9 Å². The third-order valence-corrected chi connectivity index (χ3v) is 5.90. The molecule has 3 aromatic rings. The Labute approximate surface area is 195 Å². The second-order valence-electron chi connectivity index (χ2n) is 6.77. The molecule has 0 aliphatic rings. The SMILES string of the molecule is CCOc1cc(/C=N/Nc2ccc([N+](=O)[O-])cc2S(=O)(=O)Nc2ccccc2OC)ccc1O. The van der Waals surface area contributed by atoms with Crippen molar-refractivity contribution in [3.05, 3.63) is 76.3 Å². The number of aromatic hydroxyl groups is 1. The molecule has 3 rings (SSSR count). The van der Waals surface area contributed by atoms with E-state index in [1.165, 1.54) is 31.5 Å². The highest BCUT2D eigenvalue weighted by atomic mass is 32.2. The van der Waals surface area contributed by atoms with Gasteiger partial charge in [0.05, 0.1) is 36.2 Å². The maximum absolute atomic E-state index is 13.1. The number of phenolic OH excluding ortho intramolecular Hbond substituents is 1. The zero-order valence-corrected chi connectivity index (χ0v) is 19.1. The lowest BCUT2D eigenvalue weighted by molar-refractivity contribution is -0.385. The number of para-hydroxylation sites is 2. The van der Waals surface area contributed by atoms with Crippen LogP contribution in [0.5, 0.6) is 17.2 Å². The van der Waals surface area contributed by atoms with Crippen LogP contribution < -0.4 is 19.6 Å². The first kappa shape index (κ1) is 24.3. The number of non-ortho nitro benzene ring substituents is 1. The summed E-state index contributed by atoms with van der Waals surface area (Å²) in [7, 11) is -2.88. The summed E-state index contributed by atoms with van der Waals surface area (Å²) in [4.78, 5) is 10.2. The van der Waals surface area contributed by atoms with Crippen LogP contribution in [-0.2, 0) is 10.0 Å². The standard InChI is InChI=1S/C22H22N4O7S/c1-3-33-21-12-15(8-11-19(21)27)14-23-24-18-10-9-16(26(28)29)13-22(18)34(30,31)25-17-6-4-5-7-20(17)32-2/h4-14,24-25,27H,3H2,1-2H3/b23-14+. The highest BCUT2D eigenvalue weighted by Crippen LogP contribution is 2.31. The minimum absolute atomic E-state index is 0.00746. The molecular formula is C22H22N4O7S. The summed E-state index contributed by atoms with van der Waals surface area (Å²) in [5.74, 6) is 0.519. The van der Waals surface area contributed by atoms with Crippen molar-refractivity contribution in [2.75, 3.05) is 23.9 Å². The normalized spacial score (nSPS) is 11.2. The first-order valence-electron chi connectivity index (χ1n) is 9.94. The molecule has 0 aromatic heterocycles. The maximum atomic E-state index is 13.1. The smallest absolute Gasteiger partial charge is 0.270 e. The maximum Gasteiger partial charge on any atom is 0.270 e. The second kappa shape index (κ2) is 10.5. The summed E-state index contributed by atoms with van der Waals surface area (Å²) in [5, 5.41) is 25.1. The molecule has 0 bridgehead atoms. The molecule has 0 radical (unpaired) electrons. The average Bonchev–Trinajstić information content (AvgIpc) is 2.81. The number of nitrogens with zero attached hydrogens (tertiary/aromatic N) is 2. The molecule has 0 heterocycles. The molecule has 0 unspecified atom stereocenters. The lowest BCUT2D eigenvalue weighted by Gasteiger charge is -2.14. The van der Waals surface area contributed by atoms with Gasteiger partial charge in [-0.1, -0.05) is 12.1 Å². The Morgan fingerprint density at radius 1 is 1.09 bits per heavy atom. The molecule has 0 saturated heterocycles. The van der Waals surface area contributed by atoms with Crippen LogP contribution in [-0.4, -0.2) is 38.4 Å². The van der Waals surface area contributed by atoms with Gasteiger partial charge in [0, 0.05) is 12.1 Å². The molecule has 0 spiro atoms. The van der Waals surface area contributed by atoms with Gasteiger partial charge in [0.2, 0.25) is 0 Å². The fourth-order valence-corrected chi connectivity index (χ4v) is 4.17. The molecule has 3 N–H and O–H groups in total. The Hall–Kier alpha value is -4.32. The van der Waals surface area contributed by atoms with Crippen LogP contribution >= 0.6 is 0 Å². The molecule has 0 saturated carbocycles. The van der Waals surface area contributed by atoms with E-state index < -0.39 is 20.6 Å². The lowest BCUT2D eigenvalue weighted by atomic mass is 10.2. The highest BCUT2D eigenvalue weighted by molar-refractivity contribution is 7.93. The Morgan fingerprint density at radius 3 is 2.56 bits per heavy atom. The van der Waals surface area contributed by atoms with Crippen molar-refractivity contribution in [1.82, 2.24) is 0 Å². The summed E-state index contributed by atoms with van der Waals surface area (Å²) in [5.41, 5.74) is 2.93. The third kappa shape index (κ3) is 5.72. The Bertz CT molecular complexity index is 1330. The molecule has 0 aliphatic heterocycles. The molecule has 0 fully saturated rings. The van der Waals surface area contributed by atoms with Crippen LogP contribution in [0.1, 0.15) is 12.5 Å². The average molecular weight is 487 g/mol. The number of rotatable bonds is 10. The van der Waals surface area contributed by atoms with Gasteiger partial charge in [-0.3, -0.25) is 20.3 Å². The molecule has 178 valence electrons. The quantitative estimate of drug-likeness (QED) is 0.221. The predicted molar refractivity (Wildman–Crippen MR) is 127 cm³/mol. The van der Waals surface area contributed by atoms with Gasteiger partial charge in [0.25, 0.3) is 15.7 Å². The largest absolute Gasteiger partial charge is 0.504 e. The van der Waals surface area contributed by atoms with Crippen LogP contribution in [0.25, 0.3) is 0 Å². The van der Waals surface area contributed by atoms with Gasteiger partial charge >= 0.3 is 0 Å². The van der Waals surface area contributed by atoms with Gasteiger partial charge in [-0.25, -0.2) is 8.42 Å². The zero-order valence-electron chi connectivity index (χ0n) is 18.3. The van der Waals surface area contributed by atoms with Crippen molar-refractivity contribution in [2.24, 2.45) is 5.10 Å². The first-order valence-corrected chi connectivity index (χ1v) is 11.4. The Balaban J connectivity index is 1.93. The number of hydrogen-bond donors (Lipinski definition) is 3. The predicted octanol–water partition coefficient (Wildman–Crippen LogP) is 3.95. The fourth-order valence-electron chi connectivity index (χ4n) is 2.93. The molecule has 11 nitrogen and oxygen atoms in total. The van der Waals surface area contributed by atoms with Crippen molar-refractivity contribution in [3.8, 4) is 17.2 Å². The van der Waals surface area contributed by atoms with Crippen LogP contribution in [0.3, 0.4) is 0 Å². The molecule has 34 heavy (non-hydrogen) atoms. The molecule has 3 aromatic carbocycles. The van der Waals surface area contributed by atoms with Crippen molar-refractivity contribution in [3.63, 3.8) is 0 Å². The van der Waals surface area contributed by atoms with E-state index in [1.807, 2.05) is 0 Å². The van der Waals surface area contributed by atoms with Crippen molar-refractivity contribution >= 4 is 33.3 Å². The minimum atomic E-state index is -4.27. The van der Waals surface area contributed by atoms with Crippen molar-refractivity contribution in [2.45, 2.75) is 11.8 Å². The lowest BCUT2D eigenvalue weighted by Crippen LogP contribution is -2.15. The van der Waals surface area contributed by atoms with E-state index in [1.54, 1.807) is 37.3 Å². The zero-order chi connectivity index (χ0) is 24.7. The van der Waals surface area contributed by atoms with E-state index >= 15 is 0 Å². The number of hydrogen-bond acceptors (Lipinski definition) is 9. The fraction of sp³-hybridized carbons (Fsp3) is 0.136. The van der Waals surface area contributed by atoms with Gasteiger partial charge in [-0.15, -0.1) is 0 Å². The van der Waals surface area contributed by atoms with Gasteiger partial charge in [-0.05, 0) is 48.9 Å². The number of anilines is 2. The second-order valence-corrected chi connectivity index (χ2v) is 8.42. The Kier molecular flexibility index (Phi) is 7.53. The van der Waals surface area contributed by atoms with Crippen molar-refractivity contribution in [1.29, 1.82) is 0 Å². The van der Waals surface area contributed by atoms with Gasteiger partial charge in [-0.2, -0.15) is 5.10 Å². The molecule has 0 aliphatic carbocycles. The summed E-state index contributed by atoms with van der Waals surface area (Å²) in [6.07, 6.45) is 1.38. The number of phenols is 1. The van der Waals surface area contributed by atoms with E-state index in [0.717, 1.165) is 12.1 Å². The number of methoxy groups -OCH3 is 1. The molecule has 0 atom stereocenters. The van der Waals surface area contributed by atoms with E-state index in [9.17, 15) is 23.6 Å². The topological polar surface area (TPSA) is 152 Å². The van der Waals surface area contributed by atoms with Gasteiger partial charge in [0.1, 0.15) is 10.6 Å². The molecule has 12 heteroatoms. The third-order valence-electron chi connectivity index (χ3n) is 4.50. The molecule has 0 amide bonds. The number of nitro benzene ring substituents is 1. The number of sulfonamides is 1. The number of ether oxygens (including phenoxy) is 2. The summed E-state index contributed by atoms with van der Waals surface area (Å²) in [6.45, 7) is 2.13. The van der Waals surface area contributed by atoms with Gasteiger partial charge < -0.3 is 14.6 Å². The monoisotopic (exact) mass is 486 g/mol. The van der Waals surface area contributed by atoms with Crippen LogP contribution in [0.4, 0.5) is 17.1 Å². The number of benzene rings is 3. The molecular weight excluding hydrogens is 464 g/mol. The first-order chi connectivity index (χ1) is 16.2. The van der Waals surface area contributed by atoms with Crippen LogP contribution in [0.15, 0.2) is 70.7 Å². The summed E-state index contributed by atoms with van der Waals surface area (Å²) in [6, 6.07) is 14.3. The summed E-state index contributed by atoms with van der Waals surface area (Å²) < 4.78 is 39.1. The highest BCUT2D eigenvalue weighted by Gasteiger charge is 2.23.